The van der Waals surface area contributed by atoms with E-state index in [-0.39, 0.29) is 0 Å². The standard InChI is InChI=1S/C56H47N/c1-3-7-42(8-4-1)44-17-25-53(26-18-44)57(54-27-19-45(20-28-54)43-9-5-2-6-10-43)55-29-21-47(22-30-55)50-14-12-48-11-13-49(34-51(48)35-50)46-15-23-52(24-16-46)56-36-39-31-40(37-56)33-41(32-39)38-56/h1-30,34-35,39-41H,31-33,36-38H2. The summed E-state index contributed by atoms with van der Waals surface area (Å²) >= 11 is 0. The van der Waals surface area contributed by atoms with Crippen LogP contribution in [0.5, 0.6) is 0 Å². The van der Waals surface area contributed by atoms with Crippen molar-refractivity contribution in [1.29, 1.82) is 0 Å². The van der Waals surface area contributed by atoms with Gasteiger partial charge in [0.05, 0.1) is 0 Å². The molecule has 0 radical (unpaired) electrons. The van der Waals surface area contributed by atoms with E-state index in [0.29, 0.717) is 5.41 Å². The molecule has 12 rings (SSSR count). The van der Waals surface area contributed by atoms with Gasteiger partial charge in [-0.3, -0.25) is 0 Å². The van der Waals surface area contributed by atoms with Gasteiger partial charge in [0.1, 0.15) is 0 Å². The monoisotopic (exact) mass is 733 g/mol. The fourth-order valence-electron chi connectivity index (χ4n) is 11.2. The minimum absolute atomic E-state index is 0.443. The van der Waals surface area contributed by atoms with Crippen molar-refractivity contribution in [2.24, 2.45) is 17.8 Å². The first-order chi connectivity index (χ1) is 28.1. The molecule has 57 heavy (non-hydrogen) atoms. The smallest absolute Gasteiger partial charge is 0.0462 e. The van der Waals surface area contributed by atoms with E-state index < -0.39 is 0 Å². The van der Waals surface area contributed by atoms with E-state index in [0.717, 1.165) is 34.8 Å². The molecular weight excluding hydrogens is 687 g/mol. The Morgan fingerprint density at radius 3 is 1.05 bits per heavy atom. The zero-order chi connectivity index (χ0) is 37.8. The quantitative estimate of drug-likeness (QED) is 0.150. The lowest BCUT2D eigenvalue weighted by molar-refractivity contribution is -0.00518. The van der Waals surface area contributed by atoms with Gasteiger partial charge in [-0.1, -0.05) is 146 Å². The molecule has 0 atom stereocenters. The summed E-state index contributed by atoms with van der Waals surface area (Å²) in [5, 5.41) is 2.55. The zero-order valence-electron chi connectivity index (χ0n) is 32.4. The molecule has 0 spiro atoms. The molecule has 0 heterocycles. The lowest BCUT2D eigenvalue weighted by atomic mass is 9.48. The number of fused-ring (bicyclic) bond motifs is 1. The Bertz CT molecular complexity index is 2540. The lowest BCUT2D eigenvalue weighted by Crippen LogP contribution is -2.48. The van der Waals surface area contributed by atoms with Crippen LogP contribution in [0.15, 0.2) is 194 Å². The van der Waals surface area contributed by atoms with Crippen LogP contribution in [0.4, 0.5) is 17.1 Å². The van der Waals surface area contributed by atoms with Gasteiger partial charge >= 0.3 is 0 Å². The highest BCUT2D eigenvalue weighted by Gasteiger charge is 2.51. The van der Waals surface area contributed by atoms with Gasteiger partial charge < -0.3 is 4.90 Å². The van der Waals surface area contributed by atoms with E-state index in [1.807, 2.05) is 0 Å². The molecule has 1 nitrogen and oxygen atoms in total. The van der Waals surface area contributed by atoms with Gasteiger partial charge in [-0.05, 0) is 171 Å². The van der Waals surface area contributed by atoms with Gasteiger partial charge in [-0.15, -0.1) is 0 Å². The Balaban J connectivity index is 0.884. The number of hydrogen-bond acceptors (Lipinski definition) is 1. The largest absolute Gasteiger partial charge is 0.311 e. The Morgan fingerprint density at radius 2 is 0.649 bits per heavy atom. The van der Waals surface area contributed by atoms with Crippen molar-refractivity contribution in [2.45, 2.75) is 43.9 Å². The molecule has 1 heteroatoms. The highest BCUT2D eigenvalue weighted by molar-refractivity contribution is 5.91. The lowest BCUT2D eigenvalue weighted by Gasteiger charge is -2.57. The second-order valence-electron chi connectivity index (χ2n) is 17.3. The Labute approximate surface area is 337 Å². The summed E-state index contributed by atoms with van der Waals surface area (Å²) < 4.78 is 0. The SMILES string of the molecule is c1ccc(-c2ccc(N(c3ccc(-c4ccccc4)cc3)c3ccc(-c4ccc5ccc(-c6ccc(C78CC9CC(CC(C9)C7)C8)cc6)cc5c4)cc3)cc2)cc1. The normalized spacial score (nSPS) is 20.8. The number of hydrogen-bond donors (Lipinski definition) is 0. The maximum absolute atomic E-state index is 2.48. The minimum Gasteiger partial charge on any atom is -0.311 e. The molecule has 4 aliphatic rings. The van der Waals surface area contributed by atoms with Crippen LogP contribution in [0.3, 0.4) is 0 Å². The maximum atomic E-state index is 2.48. The summed E-state index contributed by atoms with van der Waals surface area (Å²) in [6, 6.07) is 71.7. The first kappa shape index (κ1) is 34.1. The zero-order valence-corrected chi connectivity index (χ0v) is 32.4. The highest BCUT2D eigenvalue weighted by atomic mass is 15.1. The molecule has 4 saturated carbocycles. The predicted octanol–water partition coefficient (Wildman–Crippen LogP) is 15.4. The van der Waals surface area contributed by atoms with E-state index in [1.165, 1.54) is 93.8 Å². The third-order valence-electron chi connectivity index (χ3n) is 13.6. The predicted molar refractivity (Wildman–Crippen MR) is 240 cm³/mol. The van der Waals surface area contributed by atoms with Crippen LogP contribution in [0.2, 0.25) is 0 Å². The van der Waals surface area contributed by atoms with E-state index in [2.05, 4.69) is 199 Å². The molecule has 276 valence electrons. The topological polar surface area (TPSA) is 3.24 Å². The van der Waals surface area contributed by atoms with Crippen molar-refractivity contribution in [3.63, 3.8) is 0 Å². The van der Waals surface area contributed by atoms with Crippen LogP contribution in [0, 0.1) is 17.8 Å². The first-order valence-electron chi connectivity index (χ1n) is 21.0. The summed E-state index contributed by atoms with van der Waals surface area (Å²) in [6.45, 7) is 0. The van der Waals surface area contributed by atoms with Gasteiger partial charge in [-0.25, -0.2) is 0 Å². The summed E-state index contributed by atoms with van der Waals surface area (Å²) in [6.07, 6.45) is 8.73. The maximum Gasteiger partial charge on any atom is 0.0462 e. The molecule has 8 aromatic carbocycles. The van der Waals surface area contributed by atoms with E-state index in [1.54, 1.807) is 5.56 Å². The van der Waals surface area contributed by atoms with Gasteiger partial charge in [-0.2, -0.15) is 0 Å². The van der Waals surface area contributed by atoms with Crippen molar-refractivity contribution >= 4 is 27.8 Å². The van der Waals surface area contributed by atoms with E-state index >= 15 is 0 Å². The summed E-state index contributed by atoms with van der Waals surface area (Å²) in [5.74, 6) is 2.91. The number of rotatable bonds is 8. The molecular formula is C56H47N. The summed E-state index contributed by atoms with van der Waals surface area (Å²) in [4.78, 5) is 2.36. The third-order valence-corrected chi connectivity index (χ3v) is 13.6. The Morgan fingerprint density at radius 1 is 0.316 bits per heavy atom. The summed E-state index contributed by atoms with van der Waals surface area (Å²) in [7, 11) is 0. The van der Waals surface area contributed by atoms with Crippen LogP contribution in [0.25, 0.3) is 55.3 Å². The van der Waals surface area contributed by atoms with Gasteiger partial charge in [0.2, 0.25) is 0 Å². The molecule has 0 N–H and O–H groups in total. The minimum atomic E-state index is 0.443. The fraction of sp³-hybridized carbons (Fsp3) is 0.179. The molecule has 4 aliphatic carbocycles. The Kier molecular flexibility index (Phi) is 8.43. The number of nitrogens with zero attached hydrogens (tertiary/aromatic N) is 1. The average Bonchev–Trinajstić information content (AvgIpc) is 3.27. The molecule has 8 aromatic rings. The van der Waals surface area contributed by atoms with Gasteiger partial charge in [0, 0.05) is 17.1 Å². The number of anilines is 3. The van der Waals surface area contributed by atoms with E-state index in [4.69, 9.17) is 0 Å². The van der Waals surface area contributed by atoms with Crippen LogP contribution >= 0.6 is 0 Å². The average molecular weight is 734 g/mol. The Hall–Kier alpha value is -6.18. The van der Waals surface area contributed by atoms with E-state index in [9.17, 15) is 0 Å². The second kappa shape index (κ2) is 14.1. The van der Waals surface area contributed by atoms with Crippen LogP contribution < -0.4 is 4.90 Å². The number of benzene rings is 8. The van der Waals surface area contributed by atoms with Crippen molar-refractivity contribution in [1.82, 2.24) is 0 Å². The van der Waals surface area contributed by atoms with Gasteiger partial charge in [0.15, 0.2) is 0 Å². The van der Waals surface area contributed by atoms with Crippen molar-refractivity contribution in [3.05, 3.63) is 200 Å². The molecule has 4 fully saturated rings. The van der Waals surface area contributed by atoms with Crippen LogP contribution in [0.1, 0.15) is 44.1 Å². The molecule has 0 aromatic heterocycles. The van der Waals surface area contributed by atoms with Crippen LogP contribution in [-0.2, 0) is 5.41 Å². The van der Waals surface area contributed by atoms with Gasteiger partial charge in [0.25, 0.3) is 0 Å². The molecule has 0 saturated heterocycles. The molecule has 0 amide bonds. The molecule has 0 unspecified atom stereocenters. The fourth-order valence-corrected chi connectivity index (χ4v) is 11.2. The molecule has 0 aliphatic heterocycles. The van der Waals surface area contributed by atoms with Crippen molar-refractivity contribution < 1.29 is 0 Å². The van der Waals surface area contributed by atoms with Crippen molar-refractivity contribution in [3.8, 4) is 44.5 Å². The highest BCUT2D eigenvalue weighted by Crippen LogP contribution is 2.60. The third kappa shape index (κ3) is 6.46. The van der Waals surface area contributed by atoms with Crippen LogP contribution in [-0.4, -0.2) is 0 Å². The summed E-state index contributed by atoms with van der Waals surface area (Å²) in [5.41, 5.74) is 15.3. The first-order valence-corrected chi connectivity index (χ1v) is 21.0. The van der Waals surface area contributed by atoms with Crippen molar-refractivity contribution in [2.75, 3.05) is 4.90 Å². The molecule has 4 bridgehead atoms. The second-order valence-corrected chi connectivity index (χ2v) is 17.3.